The molecule has 4 aromatic heterocycles. The lowest BCUT2D eigenvalue weighted by Crippen LogP contribution is -2.20. The minimum atomic E-state index is -0.0844. The van der Waals surface area contributed by atoms with Gasteiger partial charge in [0.1, 0.15) is 4.83 Å². The van der Waals surface area contributed by atoms with Crippen LogP contribution in [-0.4, -0.2) is 18.9 Å². The highest BCUT2D eigenvalue weighted by atomic mass is 32.2. The molecule has 9 heteroatoms. The van der Waals surface area contributed by atoms with Gasteiger partial charge in [0, 0.05) is 35.3 Å². The molecule has 1 aliphatic carbocycles. The van der Waals surface area contributed by atoms with Crippen molar-refractivity contribution in [2.45, 2.75) is 30.2 Å². The molecule has 0 aliphatic heterocycles. The maximum Gasteiger partial charge on any atom is 0.262 e. The second-order valence-corrected chi connectivity index (χ2v) is 9.13. The van der Waals surface area contributed by atoms with Crippen molar-refractivity contribution in [3.05, 3.63) is 54.5 Å². The summed E-state index contributed by atoms with van der Waals surface area (Å²) in [5.74, 6) is 0.501. The van der Waals surface area contributed by atoms with E-state index in [4.69, 9.17) is 4.98 Å². The van der Waals surface area contributed by atoms with Crippen molar-refractivity contribution < 1.29 is 0 Å². The predicted molar refractivity (Wildman–Crippen MR) is 106 cm³/mol. The van der Waals surface area contributed by atoms with Gasteiger partial charge < -0.3 is 0 Å². The topological polar surface area (TPSA) is 69.3 Å². The van der Waals surface area contributed by atoms with Crippen molar-refractivity contribution in [3.8, 4) is 0 Å². The summed E-state index contributed by atoms with van der Waals surface area (Å²) in [6.07, 6.45) is 4.88. The summed E-state index contributed by atoms with van der Waals surface area (Å²) < 4.78 is 3.15. The minimum absolute atomic E-state index is 0.0265. The molecule has 0 saturated carbocycles. The lowest BCUT2D eigenvalue weighted by Gasteiger charge is -2.07. The van der Waals surface area contributed by atoms with Gasteiger partial charge in [-0.1, -0.05) is 11.8 Å². The van der Waals surface area contributed by atoms with Gasteiger partial charge in [-0.15, -0.1) is 22.7 Å². The Hall–Kier alpha value is -1.97. The molecule has 4 aromatic rings. The summed E-state index contributed by atoms with van der Waals surface area (Å²) in [6, 6.07) is 1.54. The van der Waals surface area contributed by atoms with Gasteiger partial charge in [-0.3, -0.25) is 18.6 Å². The second kappa shape index (κ2) is 6.04. The molecular weight excluding hydrogens is 388 g/mol. The van der Waals surface area contributed by atoms with Gasteiger partial charge in [0.25, 0.3) is 11.1 Å². The van der Waals surface area contributed by atoms with Crippen LogP contribution in [0.15, 0.2) is 32.4 Å². The van der Waals surface area contributed by atoms with Crippen LogP contribution >= 0.6 is 34.4 Å². The SMILES string of the molecule is Cn1c(SCc2cc(=O)n3ccsc3n2)nc2sc3c(c2c1=O)CCC3. The number of thiophene rings is 1. The van der Waals surface area contributed by atoms with Crippen LogP contribution in [0, 0.1) is 0 Å². The molecule has 0 amide bonds. The van der Waals surface area contributed by atoms with Crippen LogP contribution in [0.5, 0.6) is 0 Å². The van der Waals surface area contributed by atoms with Gasteiger partial charge >= 0.3 is 0 Å². The fourth-order valence-corrected chi connectivity index (χ4v) is 6.24. The molecule has 4 heterocycles. The molecule has 0 atom stereocenters. The number of aromatic nitrogens is 4. The number of hydrogen-bond acceptors (Lipinski definition) is 7. The molecule has 5 rings (SSSR count). The number of aryl methyl sites for hydroxylation is 2. The molecule has 6 nitrogen and oxygen atoms in total. The largest absolute Gasteiger partial charge is 0.290 e. The van der Waals surface area contributed by atoms with Crippen LogP contribution in [0.1, 0.15) is 22.6 Å². The first-order chi connectivity index (χ1) is 12.6. The van der Waals surface area contributed by atoms with Crippen molar-refractivity contribution >= 4 is 49.6 Å². The van der Waals surface area contributed by atoms with E-state index >= 15 is 0 Å². The summed E-state index contributed by atoms with van der Waals surface area (Å²) in [5.41, 5.74) is 1.84. The Bertz CT molecular complexity index is 1280. The molecule has 0 fully saturated rings. The Morgan fingerprint density at radius 2 is 2.15 bits per heavy atom. The molecule has 1 aliphatic rings. The second-order valence-electron chi connectivity index (χ2n) is 6.23. The molecule has 0 aromatic carbocycles. The number of thioether (sulfide) groups is 1. The number of rotatable bonds is 3. The fraction of sp³-hybridized carbons (Fsp3) is 0.294. The smallest absolute Gasteiger partial charge is 0.262 e. The molecule has 0 saturated heterocycles. The first-order valence-corrected chi connectivity index (χ1v) is 10.9. The average Bonchev–Trinajstić information content (AvgIpc) is 3.31. The van der Waals surface area contributed by atoms with Crippen LogP contribution in [0.3, 0.4) is 0 Å². The van der Waals surface area contributed by atoms with E-state index in [2.05, 4.69) is 4.98 Å². The van der Waals surface area contributed by atoms with Crippen molar-refractivity contribution in [1.29, 1.82) is 0 Å². The first kappa shape index (κ1) is 16.2. The Labute approximate surface area is 160 Å². The van der Waals surface area contributed by atoms with Gasteiger partial charge in [0.15, 0.2) is 10.1 Å². The molecule has 26 heavy (non-hydrogen) atoms. The number of hydrogen-bond donors (Lipinski definition) is 0. The van der Waals surface area contributed by atoms with Gasteiger partial charge in [-0.05, 0) is 24.8 Å². The zero-order chi connectivity index (χ0) is 17.8. The fourth-order valence-electron chi connectivity index (χ4n) is 3.33. The van der Waals surface area contributed by atoms with E-state index in [-0.39, 0.29) is 11.1 Å². The number of fused-ring (bicyclic) bond motifs is 4. The zero-order valence-corrected chi connectivity index (χ0v) is 16.3. The normalized spacial score (nSPS) is 13.7. The maximum absolute atomic E-state index is 12.8. The van der Waals surface area contributed by atoms with E-state index in [0.29, 0.717) is 21.6 Å². The number of nitrogens with zero attached hydrogens (tertiary/aromatic N) is 4. The van der Waals surface area contributed by atoms with Crippen LogP contribution in [-0.2, 0) is 25.6 Å². The zero-order valence-electron chi connectivity index (χ0n) is 13.9. The highest BCUT2D eigenvalue weighted by molar-refractivity contribution is 7.98. The molecule has 0 N–H and O–H groups in total. The quantitative estimate of drug-likeness (QED) is 0.389. The third-order valence-corrected chi connectivity index (χ3v) is 7.62. The van der Waals surface area contributed by atoms with E-state index < -0.39 is 0 Å². The van der Waals surface area contributed by atoms with E-state index in [9.17, 15) is 9.59 Å². The van der Waals surface area contributed by atoms with Gasteiger partial charge in [-0.25, -0.2) is 9.97 Å². The summed E-state index contributed by atoms with van der Waals surface area (Å²) in [7, 11) is 1.76. The van der Waals surface area contributed by atoms with Crippen LogP contribution in [0.2, 0.25) is 0 Å². The van der Waals surface area contributed by atoms with Gasteiger partial charge in [0.05, 0.1) is 11.1 Å². The number of thiazole rings is 1. The lowest BCUT2D eigenvalue weighted by atomic mass is 10.2. The minimum Gasteiger partial charge on any atom is -0.290 e. The Morgan fingerprint density at radius 1 is 1.27 bits per heavy atom. The standard InChI is InChI=1S/C17H14N4O2S3/c1-20-15(23)13-10-3-2-4-11(10)26-14(13)19-16(20)25-8-9-7-12(22)21-5-6-24-17(21)18-9/h5-7H,2-4,8H2,1H3. The Balaban J connectivity index is 1.52. The van der Waals surface area contributed by atoms with Crippen LogP contribution < -0.4 is 11.1 Å². The Morgan fingerprint density at radius 3 is 3.04 bits per heavy atom. The lowest BCUT2D eigenvalue weighted by molar-refractivity contribution is 0.726. The third-order valence-electron chi connectivity index (χ3n) is 4.61. The molecule has 0 bridgehead atoms. The van der Waals surface area contributed by atoms with E-state index in [1.165, 1.54) is 37.9 Å². The molecular formula is C17H14N4O2S3. The van der Waals surface area contributed by atoms with E-state index in [1.807, 2.05) is 5.38 Å². The van der Waals surface area contributed by atoms with E-state index in [0.717, 1.165) is 29.5 Å². The van der Waals surface area contributed by atoms with Crippen molar-refractivity contribution in [2.24, 2.45) is 7.05 Å². The third kappa shape index (κ3) is 2.45. The summed E-state index contributed by atoms with van der Waals surface area (Å²) in [4.78, 5) is 37.0. The Kier molecular flexibility index (Phi) is 3.77. The van der Waals surface area contributed by atoms with Gasteiger partial charge in [0.2, 0.25) is 0 Å². The molecule has 0 radical (unpaired) electrons. The average molecular weight is 403 g/mol. The van der Waals surface area contributed by atoms with Crippen LogP contribution in [0.4, 0.5) is 0 Å². The molecule has 0 spiro atoms. The first-order valence-electron chi connectivity index (χ1n) is 8.21. The molecule has 0 unspecified atom stereocenters. The van der Waals surface area contributed by atoms with E-state index in [1.54, 1.807) is 35.2 Å². The van der Waals surface area contributed by atoms with Crippen molar-refractivity contribution in [2.75, 3.05) is 0 Å². The maximum atomic E-state index is 12.8. The van der Waals surface area contributed by atoms with Crippen molar-refractivity contribution in [1.82, 2.24) is 18.9 Å². The monoisotopic (exact) mass is 402 g/mol. The summed E-state index contributed by atoms with van der Waals surface area (Å²) >= 11 is 4.52. The van der Waals surface area contributed by atoms with Crippen LogP contribution in [0.25, 0.3) is 15.2 Å². The summed E-state index contributed by atoms with van der Waals surface area (Å²) in [6.45, 7) is 0. The highest BCUT2D eigenvalue weighted by Gasteiger charge is 2.22. The molecule has 132 valence electrons. The van der Waals surface area contributed by atoms with Crippen molar-refractivity contribution in [3.63, 3.8) is 0 Å². The predicted octanol–water partition coefficient (Wildman–Crippen LogP) is 2.85. The summed E-state index contributed by atoms with van der Waals surface area (Å²) in [5, 5.41) is 3.30. The highest BCUT2D eigenvalue weighted by Crippen LogP contribution is 2.35. The van der Waals surface area contributed by atoms with Gasteiger partial charge in [-0.2, -0.15) is 0 Å².